The monoisotopic (exact) mass is 559 g/mol. The summed E-state index contributed by atoms with van der Waals surface area (Å²) in [4.78, 5) is 47.4. The maximum atomic E-state index is 13.0. The number of rotatable bonds is 7. The van der Waals surface area contributed by atoms with Crippen molar-refractivity contribution in [3.05, 3.63) is 18.2 Å². The second kappa shape index (κ2) is 11.7. The van der Waals surface area contributed by atoms with Crippen LogP contribution in [0.25, 0.3) is 10.2 Å². The molecule has 2 heterocycles. The molecule has 0 aliphatic carbocycles. The summed E-state index contributed by atoms with van der Waals surface area (Å²) in [6.45, 7) is 6.26. The number of hydrogen-bond donors (Lipinski definition) is 1. The maximum absolute atomic E-state index is 13.0. The average Bonchev–Trinajstić information content (AvgIpc) is 3.16. The van der Waals surface area contributed by atoms with Gasteiger partial charge in [0.2, 0.25) is 11.8 Å². The smallest absolute Gasteiger partial charge is 0.444 e. The molecule has 0 unspecified atom stereocenters. The number of nitrogens with zero attached hydrogens (tertiary/aromatic N) is 4. The number of nitrogens with one attached hydrogen (secondary N) is 1. The molecule has 210 valence electrons. The molecule has 14 heteroatoms. The molecule has 0 bridgehead atoms. The van der Waals surface area contributed by atoms with Gasteiger partial charge in [-0.05, 0) is 65.9 Å². The molecule has 38 heavy (non-hydrogen) atoms. The Balaban J connectivity index is 1.61. The summed E-state index contributed by atoms with van der Waals surface area (Å²) in [6, 6.07) is 3.50. The Kier molecular flexibility index (Phi) is 9.08. The summed E-state index contributed by atoms with van der Waals surface area (Å²) >= 11 is 0.973. The van der Waals surface area contributed by atoms with E-state index in [9.17, 15) is 27.6 Å². The number of benzene rings is 1. The zero-order chi connectivity index (χ0) is 28.3. The summed E-state index contributed by atoms with van der Waals surface area (Å²) < 4.78 is 47.2. The van der Waals surface area contributed by atoms with Crippen molar-refractivity contribution >= 4 is 44.6 Å². The van der Waals surface area contributed by atoms with E-state index in [1.165, 1.54) is 29.0 Å². The Morgan fingerprint density at radius 1 is 1.16 bits per heavy atom. The molecule has 0 radical (unpaired) electrons. The predicted molar refractivity (Wildman–Crippen MR) is 136 cm³/mol. The normalized spacial score (nSPS) is 15.3. The lowest BCUT2D eigenvalue weighted by Crippen LogP contribution is -2.52. The lowest BCUT2D eigenvalue weighted by molar-refractivity contribution is -0.274. The quantitative estimate of drug-likeness (QED) is 0.548. The molecular weight excluding hydrogens is 527 g/mol. The van der Waals surface area contributed by atoms with E-state index in [4.69, 9.17) is 4.74 Å². The minimum Gasteiger partial charge on any atom is -0.444 e. The fraction of sp³-hybridized carbons (Fsp3) is 0.583. The van der Waals surface area contributed by atoms with Gasteiger partial charge >= 0.3 is 12.5 Å². The van der Waals surface area contributed by atoms with Crippen LogP contribution in [0.5, 0.6) is 5.75 Å². The van der Waals surface area contributed by atoms with E-state index in [-0.39, 0.29) is 24.3 Å². The Morgan fingerprint density at radius 2 is 1.82 bits per heavy atom. The highest BCUT2D eigenvalue weighted by Crippen LogP contribution is 2.31. The molecule has 1 aliphatic rings. The van der Waals surface area contributed by atoms with Crippen LogP contribution in [0.2, 0.25) is 0 Å². The molecule has 3 amide bonds. The molecule has 1 aromatic heterocycles. The Labute approximate surface area is 222 Å². The van der Waals surface area contributed by atoms with Crippen molar-refractivity contribution in [3.63, 3.8) is 0 Å². The fourth-order valence-corrected chi connectivity index (χ4v) is 4.76. The number of halogens is 3. The summed E-state index contributed by atoms with van der Waals surface area (Å²) in [6.07, 6.45) is -4.01. The number of likely N-dealkylation sites (tertiary alicyclic amines) is 1. The lowest BCUT2D eigenvalue weighted by Gasteiger charge is -2.38. The van der Waals surface area contributed by atoms with Gasteiger partial charge in [0.1, 0.15) is 17.9 Å². The van der Waals surface area contributed by atoms with E-state index in [1.807, 2.05) is 7.05 Å². The molecule has 2 aromatic rings. The number of carbonyl (C=O) groups is 3. The summed E-state index contributed by atoms with van der Waals surface area (Å²) in [5.41, 5.74) is -0.345. The first-order chi connectivity index (χ1) is 17.6. The highest BCUT2D eigenvalue weighted by Gasteiger charge is 2.33. The molecular formula is C24H32F3N5O5S. The van der Waals surface area contributed by atoms with Gasteiger partial charge in [-0.2, -0.15) is 0 Å². The Morgan fingerprint density at radius 3 is 2.42 bits per heavy atom. The summed E-state index contributed by atoms with van der Waals surface area (Å²) in [7, 11) is 3.44. The van der Waals surface area contributed by atoms with Gasteiger partial charge < -0.3 is 24.6 Å². The van der Waals surface area contributed by atoms with Crippen LogP contribution in [0.4, 0.5) is 23.1 Å². The van der Waals surface area contributed by atoms with Crippen molar-refractivity contribution in [2.24, 2.45) is 0 Å². The third-order valence-corrected chi connectivity index (χ3v) is 6.64. The topological polar surface area (TPSA) is 104 Å². The molecule has 1 aromatic carbocycles. The van der Waals surface area contributed by atoms with Crippen molar-refractivity contribution in [1.29, 1.82) is 0 Å². The van der Waals surface area contributed by atoms with Crippen LogP contribution in [0.1, 0.15) is 33.6 Å². The zero-order valence-electron chi connectivity index (χ0n) is 21.9. The first-order valence-corrected chi connectivity index (χ1v) is 12.8. The molecule has 0 spiro atoms. The lowest BCUT2D eigenvalue weighted by atomic mass is 10.0. The van der Waals surface area contributed by atoms with Gasteiger partial charge in [0.15, 0.2) is 5.13 Å². The number of amides is 3. The third kappa shape index (κ3) is 8.72. The Bertz CT molecular complexity index is 1160. The fourth-order valence-electron chi connectivity index (χ4n) is 3.85. The first kappa shape index (κ1) is 29.4. The number of anilines is 1. The minimum atomic E-state index is -4.82. The van der Waals surface area contributed by atoms with Crippen LogP contribution in [-0.2, 0) is 14.3 Å². The molecule has 10 nitrogen and oxygen atoms in total. The van der Waals surface area contributed by atoms with Crippen LogP contribution >= 0.6 is 11.3 Å². The number of hydrogen-bond acceptors (Lipinski definition) is 8. The zero-order valence-corrected chi connectivity index (χ0v) is 22.7. The third-order valence-electron chi connectivity index (χ3n) is 5.71. The van der Waals surface area contributed by atoms with Gasteiger partial charge in [0.05, 0.1) is 16.8 Å². The second-order valence-corrected chi connectivity index (χ2v) is 11.2. The highest BCUT2D eigenvalue weighted by atomic mass is 32.1. The molecule has 1 aliphatic heterocycles. The average molecular weight is 560 g/mol. The summed E-state index contributed by atoms with van der Waals surface area (Å²) in [5.74, 6) is -1.38. The molecule has 0 saturated carbocycles. The molecule has 1 N–H and O–H groups in total. The number of piperidine rings is 1. The van der Waals surface area contributed by atoms with Crippen LogP contribution in [0.3, 0.4) is 0 Å². The number of likely N-dealkylation sites (N-methyl/N-ethyl adjacent to an activating group) is 1. The van der Waals surface area contributed by atoms with E-state index < -0.39 is 35.6 Å². The van der Waals surface area contributed by atoms with E-state index in [1.54, 1.807) is 20.8 Å². The number of ether oxygens (including phenoxy) is 2. The van der Waals surface area contributed by atoms with E-state index >= 15 is 0 Å². The number of thiazole rings is 1. The van der Waals surface area contributed by atoms with Gasteiger partial charge in [0.25, 0.3) is 0 Å². The molecule has 3 rings (SSSR count). The van der Waals surface area contributed by atoms with Crippen LogP contribution in [-0.4, -0.2) is 95.9 Å². The van der Waals surface area contributed by atoms with E-state index in [0.29, 0.717) is 23.1 Å². The number of aromatic nitrogens is 1. The van der Waals surface area contributed by atoms with Crippen molar-refractivity contribution in [1.82, 2.24) is 19.7 Å². The Hall–Kier alpha value is -3.13. The highest BCUT2D eigenvalue weighted by molar-refractivity contribution is 7.22. The SMILES string of the molecule is CN1CCC(N(CC(=O)N(C)CC(=O)Nc2nc3ccc(OC(F)(F)F)cc3s2)C(=O)OC(C)(C)C)CC1. The van der Waals surface area contributed by atoms with Gasteiger partial charge in [-0.25, -0.2) is 9.78 Å². The van der Waals surface area contributed by atoms with Gasteiger partial charge in [-0.15, -0.1) is 13.2 Å². The van der Waals surface area contributed by atoms with Crippen molar-refractivity contribution in [2.45, 2.75) is 51.6 Å². The standard InChI is InChI=1S/C24H32F3N5O5S/c1-23(2,3)37-22(35)32(15-8-10-30(4)11-9-15)14-20(34)31(5)13-19(33)29-21-28-17-7-6-16(12-18(17)38-21)36-24(25,26)27/h6-7,12,15H,8-11,13-14H2,1-5H3,(H,28,29,33). The first-order valence-electron chi connectivity index (χ1n) is 12.0. The number of carbonyl (C=O) groups excluding carboxylic acids is 3. The minimum absolute atomic E-state index is 0.164. The number of fused-ring (bicyclic) bond motifs is 1. The number of alkyl halides is 3. The maximum Gasteiger partial charge on any atom is 0.573 e. The van der Waals surface area contributed by atoms with Crippen molar-refractivity contribution in [2.75, 3.05) is 45.6 Å². The van der Waals surface area contributed by atoms with Gasteiger partial charge in [0, 0.05) is 19.2 Å². The van der Waals surface area contributed by atoms with Crippen molar-refractivity contribution < 1.29 is 37.0 Å². The van der Waals surface area contributed by atoms with Crippen LogP contribution < -0.4 is 10.1 Å². The van der Waals surface area contributed by atoms with Crippen molar-refractivity contribution in [3.8, 4) is 5.75 Å². The molecule has 1 fully saturated rings. The van der Waals surface area contributed by atoms with Gasteiger partial charge in [-0.1, -0.05) is 11.3 Å². The van der Waals surface area contributed by atoms with E-state index in [2.05, 4.69) is 19.9 Å². The second-order valence-electron chi connectivity index (χ2n) is 10.1. The van der Waals surface area contributed by atoms with Crippen LogP contribution in [0.15, 0.2) is 18.2 Å². The predicted octanol–water partition coefficient (Wildman–Crippen LogP) is 3.92. The largest absolute Gasteiger partial charge is 0.573 e. The van der Waals surface area contributed by atoms with Crippen LogP contribution in [0, 0.1) is 0 Å². The summed E-state index contributed by atoms with van der Waals surface area (Å²) in [5, 5.41) is 2.72. The van der Waals surface area contributed by atoms with E-state index in [0.717, 1.165) is 30.5 Å². The van der Waals surface area contributed by atoms with Gasteiger partial charge in [-0.3, -0.25) is 14.5 Å². The molecule has 1 saturated heterocycles. The molecule has 0 atom stereocenters.